The van der Waals surface area contributed by atoms with Gasteiger partial charge in [0.2, 0.25) is 0 Å². The molecule has 0 unspecified atom stereocenters. The Morgan fingerprint density at radius 3 is 2.39 bits per heavy atom. The topological polar surface area (TPSA) is 55.8 Å². The lowest BCUT2D eigenvalue weighted by molar-refractivity contribution is -0.135. The molecule has 2 rings (SSSR count). The van der Waals surface area contributed by atoms with Crippen molar-refractivity contribution >= 4 is 29.4 Å². The summed E-state index contributed by atoms with van der Waals surface area (Å²) < 4.78 is 11.4. The van der Waals surface area contributed by atoms with Crippen LogP contribution in [0.3, 0.4) is 0 Å². The second-order valence-electron chi connectivity index (χ2n) is 6.34. The van der Waals surface area contributed by atoms with Gasteiger partial charge in [0.15, 0.2) is 23.4 Å². The number of halogens is 1. The van der Waals surface area contributed by atoms with Crippen LogP contribution in [-0.2, 0) is 4.79 Å². The lowest BCUT2D eigenvalue weighted by Gasteiger charge is -2.20. The van der Waals surface area contributed by atoms with E-state index in [0.29, 0.717) is 28.7 Å². The van der Waals surface area contributed by atoms with Gasteiger partial charge < -0.3 is 14.4 Å². The first kappa shape index (κ1) is 21.5. The van der Waals surface area contributed by atoms with Crippen LogP contribution < -0.4 is 9.47 Å². The Morgan fingerprint density at radius 2 is 1.79 bits per heavy atom. The van der Waals surface area contributed by atoms with Crippen LogP contribution in [0.2, 0.25) is 5.02 Å². The molecule has 0 aromatic heterocycles. The van der Waals surface area contributed by atoms with Crippen LogP contribution in [0.1, 0.15) is 29.8 Å². The number of likely N-dealkylation sites (N-methyl/N-ethyl adjacent to an activating group) is 1. The van der Waals surface area contributed by atoms with Crippen molar-refractivity contribution in [2.24, 2.45) is 0 Å². The standard InChI is InChI=1S/C22H24ClNO4/c1-5-27-21-14-16(6-12-19(25)17-8-10-18(23)11-9-17)7-13-20(21)28-15(2)22(26)24(3)4/h6-15H,5H2,1-4H3/b12-6+/t15-/m1/s1. The number of carbonyl (C=O) groups excluding carboxylic acids is 2. The molecular weight excluding hydrogens is 378 g/mol. The zero-order valence-electron chi connectivity index (χ0n) is 16.4. The quantitative estimate of drug-likeness (QED) is 0.483. The molecule has 2 aromatic carbocycles. The molecule has 0 aliphatic carbocycles. The highest BCUT2D eigenvalue weighted by Gasteiger charge is 2.18. The molecule has 0 fully saturated rings. The van der Waals surface area contributed by atoms with E-state index < -0.39 is 6.10 Å². The van der Waals surface area contributed by atoms with Gasteiger partial charge in [-0.3, -0.25) is 9.59 Å². The molecule has 1 amide bonds. The van der Waals surface area contributed by atoms with E-state index in [1.54, 1.807) is 69.6 Å². The van der Waals surface area contributed by atoms with Crippen molar-refractivity contribution < 1.29 is 19.1 Å². The first-order valence-corrected chi connectivity index (χ1v) is 9.32. The summed E-state index contributed by atoms with van der Waals surface area (Å²) in [5, 5.41) is 0.583. The van der Waals surface area contributed by atoms with Gasteiger partial charge in [-0.05, 0) is 61.9 Å². The van der Waals surface area contributed by atoms with Crippen LogP contribution in [0, 0.1) is 0 Å². The molecule has 0 radical (unpaired) electrons. The van der Waals surface area contributed by atoms with Crippen LogP contribution in [0.25, 0.3) is 6.08 Å². The van der Waals surface area contributed by atoms with Crippen LogP contribution in [0.4, 0.5) is 0 Å². The number of carbonyl (C=O) groups is 2. The number of allylic oxidation sites excluding steroid dienone is 1. The smallest absolute Gasteiger partial charge is 0.262 e. The maximum atomic E-state index is 12.3. The second-order valence-corrected chi connectivity index (χ2v) is 6.77. The van der Waals surface area contributed by atoms with E-state index >= 15 is 0 Å². The Labute approximate surface area is 170 Å². The number of ketones is 1. The fourth-order valence-electron chi connectivity index (χ4n) is 2.48. The molecule has 0 bridgehead atoms. The highest BCUT2D eigenvalue weighted by molar-refractivity contribution is 6.30. The first-order chi connectivity index (χ1) is 13.3. The molecule has 6 heteroatoms. The molecule has 0 aliphatic heterocycles. The summed E-state index contributed by atoms with van der Waals surface area (Å²) in [5.41, 5.74) is 1.34. The lowest BCUT2D eigenvalue weighted by Crippen LogP contribution is -2.35. The monoisotopic (exact) mass is 401 g/mol. The first-order valence-electron chi connectivity index (χ1n) is 8.94. The van der Waals surface area contributed by atoms with Crippen molar-refractivity contribution in [1.82, 2.24) is 4.90 Å². The van der Waals surface area contributed by atoms with Crippen LogP contribution in [0.15, 0.2) is 48.5 Å². The summed E-state index contributed by atoms with van der Waals surface area (Å²) in [6.07, 6.45) is 2.56. The van der Waals surface area contributed by atoms with Gasteiger partial charge in [0.05, 0.1) is 6.61 Å². The second kappa shape index (κ2) is 9.95. The van der Waals surface area contributed by atoms with Crippen molar-refractivity contribution in [1.29, 1.82) is 0 Å². The summed E-state index contributed by atoms with van der Waals surface area (Å²) >= 11 is 5.85. The third kappa shape index (κ3) is 5.86. The lowest BCUT2D eigenvalue weighted by atomic mass is 10.1. The third-order valence-corrected chi connectivity index (χ3v) is 4.17. The van der Waals surface area contributed by atoms with Crippen molar-refractivity contribution in [2.75, 3.05) is 20.7 Å². The highest BCUT2D eigenvalue weighted by atomic mass is 35.5. The van der Waals surface area contributed by atoms with E-state index in [1.165, 1.54) is 11.0 Å². The van der Waals surface area contributed by atoms with Crippen LogP contribution in [-0.4, -0.2) is 43.4 Å². The minimum Gasteiger partial charge on any atom is -0.490 e. The van der Waals surface area contributed by atoms with E-state index in [0.717, 1.165) is 5.56 Å². The van der Waals surface area contributed by atoms with Gasteiger partial charge in [0.1, 0.15) is 0 Å². The third-order valence-electron chi connectivity index (χ3n) is 3.92. The molecule has 28 heavy (non-hydrogen) atoms. The number of hydrogen-bond donors (Lipinski definition) is 0. The Hall–Kier alpha value is -2.79. The zero-order chi connectivity index (χ0) is 20.7. The van der Waals surface area contributed by atoms with Gasteiger partial charge in [-0.15, -0.1) is 0 Å². The Bertz CT molecular complexity index is 859. The number of amides is 1. The molecular formula is C22H24ClNO4. The van der Waals surface area contributed by atoms with Gasteiger partial charge in [0, 0.05) is 24.7 Å². The predicted octanol–water partition coefficient (Wildman–Crippen LogP) is 4.49. The summed E-state index contributed by atoms with van der Waals surface area (Å²) in [7, 11) is 3.36. The van der Waals surface area contributed by atoms with E-state index in [9.17, 15) is 9.59 Å². The number of nitrogens with zero attached hydrogens (tertiary/aromatic N) is 1. The molecule has 1 atom stereocenters. The highest BCUT2D eigenvalue weighted by Crippen LogP contribution is 2.30. The van der Waals surface area contributed by atoms with Gasteiger partial charge in [0.25, 0.3) is 5.91 Å². The van der Waals surface area contributed by atoms with Gasteiger partial charge in [-0.2, -0.15) is 0 Å². The Morgan fingerprint density at radius 1 is 1.11 bits per heavy atom. The average molecular weight is 402 g/mol. The Balaban J connectivity index is 2.17. The normalized spacial score (nSPS) is 11.9. The SMILES string of the molecule is CCOc1cc(/C=C/C(=O)c2ccc(Cl)cc2)ccc1O[C@H](C)C(=O)N(C)C. The molecule has 2 aromatic rings. The fraction of sp³-hybridized carbons (Fsp3) is 0.273. The summed E-state index contributed by atoms with van der Waals surface area (Å²) in [4.78, 5) is 25.8. The summed E-state index contributed by atoms with van der Waals surface area (Å²) in [6, 6.07) is 12.0. The average Bonchev–Trinajstić information content (AvgIpc) is 2.67. The summed E-state index contributed by atoms with van der Waals surface area (Å²) in [5.74, 6) is 0.730. The molecule has 0 saturated carbocycles. The van der Waals surface area contributed by atoms with Crippen LogP contribution >= 0.6 is 11.6 Å². The molecule has 0 N–H and O–H groups in total. The van der Waals surface area contributed by atoms with E-state index in [1.807, 2.05) is 6.92 Å². The molecule has 148 valence electrons. The van der Waals surface area contributed by atoms with E-state index in [2.05, 4.69) is 0 Å². The minimum atomic E-state index is -0.637. The maximum absolute atomic E-state index is 12.3. The molecule has 0 aliphatic rings. The predicted molar refractivity (Wildman–Crippen MR) is 111 cm³/mol. The number of hydrogen-bond acceptors (Lipinski definition) is 4. The van der Waals surface area contributed by atoms with Gasteiger partial charge in [-0.25, -0.2) is 0 Å². The minimum absolute atomic E-state index is 0.125. The largest absolute Gasteiger partial charge is 0.490 e. The number of ether oxygens (including phenoxy) is 2. The molecule has 0 spiro atoms. The summed E-state index contributed by atoms with van der Waals surface area (Å²) in [6.45, 7) is 4.00. The van der Waals surface area contributed by atoms with Gasteiger partial charge in [-0.1, -0.05) is 23.7 Å². The molecule has 0 heterocycles. The van der Waals surface area contributed by atoms with Crippen molar-refractivity contribution in [3.8, 4) is 11.5 Å². The van der Waals surface area contributed by atoms with E-state index in [-0.39, 0.29) is 11.7 Å². The number of rotatable bonds is 8. The Kier molecular flexibility index (Phi) is 7.64. The zero-order valence-corrected chi connectivity index (χ0v) is 17.2. The molecule has 0 saturated heterocycles. The van der Waals surface area contributed by atoms with Crippen LogP contribution in [0.5, 0.6) is 11.5 Å². The maximum Gasteiger partial charge on any atom is 0.262 e. The van der Waals surface area contributed by atoms with Crippen molar-refractivity contribution in [3.63, 3.8) is 0 Å². The molecule has 5 nitrogen and oxygen atoms in total. The van der Waals surface area contributed by atoms with Gasteiger partial charge >= 0.3 is 0 Å². The van der Waals surface area contributed by atoms with Crippen molar-refractivity contribution in [3.05, 3.63) is 64.7 Å². The van der Waals surface area contributed by atoms with Crippen molar-refractivity contribution in [2.45, 2.75) is 20.0 Å². The van der Waals surface area contributed by atoms with E-state index in [4.69, 9.17) is 21.1 Å². The fourth-order valence-corrected chi connectivity index (χ4v) is 2.61. The number of benzene rings is 2.